The Bertz CT molecular complexity index is 679. The molecule has 3 heteroatoms. The van der Waals surface area contributed by atoms with Crippen LogP contribution in [0.25, 0.3) is 22.8 Å². The third-order valence-electron chi connectivity index (χ3n) is 3.07. The van der Waals surface area contributed by atoms with Crippen LogP contribution in [0.4, 0.5) is 0 Å². The number of rotatable bonds is 4. The predicted octanol–water partition coefficient (Wildman–Crippen LogP) is 3.93. The van der Waals surface area contributed by atoms with Crippen molar-refractivity contribution in [1.82, 2.24) is 15.0 Å². The average Bonchev–Trinajstić information content (AvgIpc) is 2.56. The van der Waals surface area contributed by atoms with Crippen molar-refractivity contribution in [3.05, 3.63) is 79.1 Å². The molecule has 0 spiro atoms. The minimum absolute atomic E-state index is 0.627. The standard InChI is InChI=1S/C18H15N3/c1-2-9-16-19-17(14-10-5-3-6-11-14)21-18(20-16)15-12-7-4-8-13-15/h2-8,10-13H,1,9H2. The maximum atomic E-state index is 4.60. The summed E-state index contributed by atoms with van der Waals surface area (Å²) in [5.74, 6) is 2.13. The Morgan fingerprint density at radius 2 is 1.19 bits per heavy atom. The number of benzene rings is 2. The second kappa shape index (κ2) is 6.09. The Morgan fingerprint density at radius 3 is 1.62 bits per heavy atom. The molecular formula is C18H15N3. The molecule has 102 valence electrons. The normalized spacial score (nSPS) is 10.3. The number of nitrogens with zero attached hydrogens (tertiary/aromatic N) is 3. The molecule has 0 fully saturated rings. The fourth-order valence-corrected chi connectivity index (χ4v) is 2.07. The van der Waals surface area contributed by atoms with Crippen LogP contribution in [-0.2, 0) is 6.42 Å². The second-order valence-electron chi connectivity index (χ2n) is 4.62. The van der Waals surface area contributed by atoms with E-state index in [0.717, 1.165) is 17.0 Å². The summed E-state index contributed by atoms with van der Waals surface area (Å²) in [5.41, 5.74) is 1.98. The highest BCUT2D eigenvalue weighted by Gasteiger charge is 2.09. The van der Waals surface area contributed by atoms with Gasteiger partial charge in [-0.1, -0.05) is 66.7 Å². The Kier molecular flexibility index (Phi) is 3.83. The molecule has 0 saturated carbocycles. The lowest BCUT2D eigenvalue weighted by atomic mass is 10.2. The van der Waals surface area contributed by atoms with Gasteiger partial charge >= 0.3 is 0 Å². The van der Waals surface area contributed by atoms with E-state index in [0.29, 0.717) is 18.1 Å². The molecule has 0 radical (unpaired) electrons. The number of hydrogen-bond acceptors (Lipinski definition) is 3. The zero-order valence-corrected chi connectivity index (χ0v) is 11.6. The molecule has 0 bridgehead atoms. The van der Waals surface area contributed by atoms with Crippen LogP contribution in [0, 0.1) is 0 Å². The van der Waals surface area contributed by atoms with Crippen molar-refractivity contribution in [2.24, 2.45) is 0 Å². The summed E-state index contributed by atoms with van der Waals surface area (Å²) in [6.45, 7) is 3.76. The second-order valence-corrected chi connectivity index (χ2v) is 4.62. The number of hydrogen-bond donors (Lipinski definition) is 0. The Labute approximate surface area is 124 Å². The molecule has 21 heavy (non-hydrogen) atoms. The topological polar surface area (TPSA) is 38.7 Å². The monoisotopic (exact) mass is 273 g/mol. The minimum atomic E-state index is 0.627. The maximum Gasteiger partial charge on any atom is 0.163 e. The molecule has 0 amide bonds. The van der Waals surface area contributed by atoms with Gasteiger partial charge in [0.2, 0.25) is 0 Å². The average molecular weight is 273 g/mol. The van der Waals surface area contributed by atoms with Crippen LogP contribution in [0.15, 0.2) is 73.3 Å². The van der Waals surface area contributed by atoms with Crippen LogP contribution in [0.3, 0.4) is 0 Å². The summed E-state index contributed by atoms with van der Waals surface area (Å²) in [6, 6.07) is 19.9. The lowest BCUT2D eigenvalue weighted by molar-refractivity contribution is 0.948. The smallest absolute Gasteiger partial charge is 0.163 e. The zero-order chi connectivity index (χ0) is 14.5. The van der Waals surface area contributed by atoms with Gasteiger partial charge in [-0.2, -0.15) is 0 Å². The molecule has 0 unspecified atom stereocenters. The van der Waals surface area contributed by atoms with E-state index in [1.165, 1.54) is 0 Å². The molecule has 3 rings (SSSR count). The number of allylic oxidation sites excluding steroid dienone is 1. The van der Waals surface area contributed by atoms with Gasteiger partial charge in [0.05, 0.1) is 0 Å². The highest BCUT2D eigenvalue weighted by molar-refractivity contribution is 5.60. The lowest BCUT2D eigenvalue weighted by Gasteiger charge is -2.06. The fourth-order valence-electron chi connectivity index (χ4n) is 2.07. The first-order valence-electron chi connectivity index (χ1n) is 6.83. The first-order chi connectivity index (χ1) is 10.4. The van der Waals surface area contributed by atoms with Gasteiger partial charge in [-0.25, -0.2) is 15.0 Å². The minimum Gasteiger partial charge on any atom is -0.213 e. The third kappa shape index (κ3) is 3.03. The van der Waals surface area contributed by atoms with Crippen molar-refractivity contribution in [3.8, 4) is 22.8 Å². The molecular weight excluding hydrogens is 258 g/mol. The molecule has 0 aliphatic carbocycles. The number of aromatic nitrogens is 3. The van der Waals surface area contributed by atoms with Crippen molar-refractivity contribution in [1.29, 1.82) is 0 Å². The third-order valence-corrected chi connectivity index (χ3v) is 3.07. The molecule has 0 aliphatic heterocycles. The van der Waals surface area contributed by atoms with E-state index in [9.17, 15) is 0 Å². The summed E-state index contributed by atoms with van der Waals surface area (Å²) >= 11 is 0. The van der Waals surface area contributed by atoms with Crippen molar-refractivity contribution >= 4 is 0 Å². The Morgan fingerprint density at radius 1 is 0.714 bits per heavy atom. The van der Waals surface area contributed by atoms with Crippen LogP contribution < -0.4 is 0 Å². The van der Waals surface area contributed by atoms with Gasteiger partial charge in [-0.3, -0.25) is 0 Å². The summed E-state index contributed by atoms with van der Waals surface area (Å²) in [7, 11) is 0. The summed E-state index contributed by atoms with van der Waals surface area (Å²) in [6.07, 6.45) is 2.43. The van der Waals surface area contributed by atoms with E-state index in [1.807, 2.05) is 60.7 Å². The van der Waals surface area contributed by atoms with Gasteiger partial charge in [0.1, 0.15) is 5.82 Å². The zero-order valence-electron chi connectivity index (χ0n) is 11.6. The largest absolute Gasteiger partial charge is 0.213 e. The van der Waals surface area contributed by atoms with Crippen molar-refractivity contribution in [3.63, 3.8) is 0 Å². The maximum absolute atomic E-state index is 4.60. The van der Waals surface area contributed by atoms with Gasteiger partial charge < -0.3 is 0 Å². The summed E-state index contributed by atoms with van der Waals surface area (Å²) in [5, 5.41) is 0. The van der Waals surface area contributed by atoms with Gasteiger partial charge in [-0.15, -0.1) is 6.58 Å². The van der Waals surface area contributed by atoms with Crippen LogP contribution in [0.5, 0.6) is 0 Å². The summed E-state index contributed by atoms with van der Waals surface area (Å²) in [4.78, 5) is 13.7. The Hall–Kier alpha value is -2.81. The lowest BCUT2D eigenvalue weighted by Crippen LogP contribution is -2.02. The van der Waals surface area contributed by atoms with Crippen molar-refractivity contribution in [2.45, 2.75) is 6.42 Å². The van der Waals surface area contributed by atoms with Crippen LogP contribution in [0.2, 0.25) is 0 Å². The first kappa shape index (κ1) is 13.2. The van der Waals surface area contributed by atoms with Crippen LogP contribution in [0.1, 0.15) is 5.82 Å². The van der Waals surface area contributed by atoms with Gasteiger partial charge in [-0.05, 0) is 0 Å². The van der Waals surface area contributed by atoms with E-state index in [-0.39, 0.29) is 0 Å². The van der Waals surface area contributed by atoms with Gasteiger partial charge in [0.25, 0.3) is 0 Å². The molecule has 3 nitrogen and oxygen atoms in total. The van der Waals surface area contributed by atoms with E-state index in [1.54, 1.807) is 6.08 Å². The highest BCUT2D eigenvalue weighted by Crippen LogP contribution is 2.20. The molecule has 0 saturated heterocycles. The molecule has 0 atom stereocenters. The van der Waals surface area contributed by atoms with E-state index in [4.69, 9.17) is 0 Å². The van der Waals surface area contributed by atoms with Crippen LogP contribution >= 0.6 is 0 Å². The summed E-state index contributed by atoms with van der Waals surface area (Å²) < 4.78 is 0. The van der Waals surface area contributed by atoms with E-state index in [2.05, 4.69) is 21.5 Å². The van der Waals surface area contributed by atoms with Gasteiger partial charge in [0.15, 0.2) is 11.6 Å². The highest BCUT2D eigenvalue weighted by atomic mass is 15.0. The molecule has 2 aromatic carbocycles. The van der Waals surface area contributed by atoms with E-state index >= 15 is 0 Å². The van der Waals surface area contributed by atoms with Crippen LogP contribution in [-0.4, -0.2) is 15.0 Å². The molecule has 0 aliphatic rings. The quantitative estimate of drug-likeness (QED) is 0.676. The predicted molar refractivity (Wildman–Crippen MR) is 84.6 cm³/mol. The van der Waals surface area contributed by atoms with E-state index < -0.39 is 0 Å². The molecule has 1 heterocycles. The Balaban J connectivity index is 2.13. The first-order valence-corrected chi connectivity index (χ1v) is 6.83. The van der Waals surface area contributed by atoms with Gasteiger partial charge in [0, 0.05) is 17.5 Å². The van der Waals surface area contributed by atoms with Crippen molar-refractivity contribution < 1.29 is 0 Å². The van der Waals surface area contributed by atoms with Crippen molar-refractivity contribution in [2.75, 3.05) is 0 Å². The fraction of sp³-hybridized carbons (Fsp3) is 0.0556. The SMILES string of the molecule is C=CCc1nc(-c2ccccc2)nc(-c2ccccc2)n1. The molecule has 1 aromatic heterocycles. The molecule has 3 aromatic rings. The molecule has 0 N–H and O–H groups in total.